The summed E-state index contributed by atoms with van der Waals surface area (Å²) in [6, 6.07) is 14.6. The minimum atomic E-state index is -0.368. The van der Waals surface area contributed by atoms with Gasteiger partial charge in [-0.3, -0.25) is 9.78 Å². The number of aryl methyl sites for hydroxylation is 1. The number of carbonyl (C=O) groups excluding carboxylic acids is 1. The first kappa shape index (κ1) is 24.8. The van der Waals surface area contributed by atoms with E-state index in [0.717, 1.165) is 18.5 Å². The molecule has 1 amide bonds. The maximum Gasteiger partial charge on any atom is 0.274 e. The molecule has 0 aliphatic rings. The van der Waals surface area contributed by atoms with E-state index in [1.165, 1.54) is 0 Å². The summed E-state index contributed by atoms with van der Waals surface area (Å²) in [5.41, 5.74) is 1.66. The van der Waals surface area contributed by atoms with Crippen LogP contribution in [-0.4, -0.2) is 57.1 Å². The molecule has 0 saturated carbocycles. The summed E-state index contributed by atoms with van der Waals surface area (Å²) in [6.07, 6.45) is 6.56. The minimum Gasteiger partial charge on any atom is -0.451 e. The maximum atomic E-state index is 13.4. The molecule has 10 nitrogen and oxygen atoms in total. The van der Waals surface area contributed by atoms with Crippen LogP contribution in [0.2, 0.25) is 0 Å². The second kappa shape index (κ2) is 12.4. The van der Waals surface area contributed by atoms with Crippen molar-refractivity contribution < 1.29 is 14.3 Å². The number of carbonyl (C=O) groups is 1. The Bertz CT molecular complexity index is 1240. The van der Waals surface area contributed by atoms with Crippen molar-refractivity contribution in [3.63, 3.8) is 0 Å². The fraction of sp³-hybridized carbons (Fsp3) is 0.269. The molecule has 10 heteroatoms. The summed E-state index contributed by atoms with van der Waals surface area (Å²) < 4.78 is 11.5. The maximum absolute atomic E-state index is 13.4. The molecular weight excluding hydrogens is 458 g/mol. The van der Waals surface area contributed by atoms with E-state index >= 15 is 0 Å². The lowest BCUT2D eigenvalue weighted by Crippen LogP contribution is -2.28. The minimum absolute atomic E-state index is 0.107. The van der Waals surface area contributed by atoms with Crippen LogP contribution in [-0.2, 0) is 11.2 Å². The largest absolute Gasteiger partial charge is 0.451 e. The van der Waals surface area contributed by atoms with E-state index in [9.17, 15) is 4.79 Å². The number of aromatic nitrogens is 5. The van der Waals surface area contributed by atoms with Crippen LogP contribution in [0.4, 0.5) is 5.82 Å². The van der Waals surface area contributed by atoms with Crippen molar-refractivity contribution in [3.8, 4) is 23.0 Å². The first-order valence-electron chi connectivity index (χ1n) is 11.7. The molecule has 4 rings (SSSR count). The van der Waals surface area contributed by atoms with Gasteiger partial charge in [-0.1, -0.05) is 24.3 Å². The van der Waals surface area contributed by atoms with Crippen LogP contribution in [0.1, 0.15) is 29.5 Å². The van der Waals surface area contributed by atoms with Crippen molar-refractivity contribution in [1.29, 1.82) is 0 Å². The molecule has 0 bridgehead atoms. The molecule has 0 fully saturated rings. The topological polar surface area (TPSA) is 127 Å². The Morgan fingerprint density at radius 1 is 1.11 bits per heavy atom. The van der Waals surface area contributed by atoms with E-state index in [1.54, 1.807) is 44.0 Å². The molecule has 186 valence electrons. The quantitative estimate of drug-likeness (QED) is 0.257. The predicted octanol–water partition coefficient (Wildman–Crippen LogP) is 3.86. The molecule has 1 aromatic carbocycles. The molecule has 0 spiro atoms. The van der Waals surface area contributed by atoms with Crippen molar-refractivity contribution in [2.45, 2.75) is 25.8 Å². The zero-order valence-corrected chi connectivity index (χ0v) is 20.3. The number of ether oxygens (including phenoxy) is 2. The van der Waals surface area contributed by atoms with E-state index in [0.29, 0.717) is 36.2 Å². The molecular formula is C26H29N7O3. The van der Waals surface area contributed by atoms with Crippen LogP contribution in [0, 0.1) is 0 Å². The van der Waals surface area contributed by atoms with Crippen LogP contribution >= 0.6 is 0 Å². The number of benzene rings is 1. The van der Waals surface area contributed by atoms with Gasteiger partial charge in [0.1, 0.15) is 11.4 Å². The summed E-state index contributed by atoms with van der Waals surface area (Å²) in [7, 11) is 1.63. The molecule has 0 radical (unpaired) electrons. The number of imidazole rings is 1. The van der Waals surface area contributed by atoms with Crippen LogP contribution in [0.25, 0.3) is 11.5 Å². The third kappa shape index (κ3) is 6.63. The third-order valence-corrected chi connectivity index (χ3v) is 5.20. The van der Waals surface area contributed by atoms with Crippen molar-refractivity contribution in [2.75, 3.05) is 25.6 Å². The molecule has 1 unspecified atom stereocenters. The van der Waals surface area contributed by atoms with Crippen molar-refractivity contribution in [3.05, 3.63) is 78.6 Å². The van der Waals surface area contributed by atoms with Gasteiger partial charge in [0, 0.05) is 37.8 Å². The van der Waals surface area contributed by atoms with Crippen LogP contribution in [0.3, 0.4) is 0 Å². The number of nitrogens with one attached hydrogen (secondary N) is 3. The van der Waals surface area contributed by atoms with Gasteiger partial charge < -0.3 is 25.1 Å². The molecule has 4 aromatic rings. The number of anilines is 1. The number of rotatable bonds is 12. The lowest BCUT2D eigenvalue weighted by molar-refractivity contribution is 0.0945. The van der Waals surface area contributed by atoms with Crippen LogP contribution < -0.4 is 15.4 Å². The Morgan fingerprint density at radius 3 is 2.67 bits per heavy atom. The standard InChI is InChI=1S/C26H29N7O3/c1-18(16-35-2)31-25-23(36-20-10-4-3-5-11-20)22(32-24(33-25)21-12-6-7-13-28-21)26(34)29-14-8-9-19-15-27-17-30-19/h3-7,10-13,15,17-18H,8-9,14,16H2,1-2H3,(H,27,30)(H,29,34)(H,31,32,33). The Hall–Kier alpha value is -4.31. The van der Waals surface area contributed by atoms with Gasteiger partial charge >= 0.3 is 0 Å². The number of nitrogens with zero attached hydrogens (tertiary/aromatic N) is 4. The van der Waals surface area contributed by atoms with Gasteiger partial charge in [-0.15, -0.1) is 0 Å². The summed E-state index contributed by atoms with van der Waals surface area (Å²) in [6.45, 7) is 2.84. The van der Waals surface area contributed by atoms with Crippen molar-refractivity contribution in [2.24, 2.45) is 0 Å². The second-order valence-corrected chi connectivity index (χ2v) is 8.14. The summed E-state index contributed by atoms with van der Waals surface area (Å²) >= 11 is 0. The molecule has 3 N–H and O–H groups in total. The van der Waals surface area contributed by atoms with Gasteiger partial charge in [-0.25, -0.2) is 15.0 Å². The highest BCUT2D eigenvalue weighted by Gasteiger charge is 2.24. The number of pyridine rings is 1. The van der Waals surface area contributed by atoms with Gasteiger partial charge in [-0.05, 0) is 44.0 Å². The van der Waals surface area contributed by atoms with E-state index in [4.69, 9.17) is 9.47 Å². The lowest BCUT2D eigenvalue weighted by Gasteiger charge is -2.19. The van der Waals surface area contributed by atoms with Gasteiger partial charge in [0.05, 0.1) is 12.9 Å². The molecule has 3 aromatic heterocycles. The smallest absolute Gasteiger partial charge is 0.274 e. The molecule has 0 saturated heterocycles. The highest BCUT2D eigenvalue weighted by Crippen LogP contribution is 2.33. The van der Waals surface area contributed by atoms with Gasteiger partial charge in [0.2, 0.25) is 5.75 Å². The first-order chi connectivity index (χ1) is 17.6. The van der Waals surface area contributed by atoms with Gasteiger partial charge in [0.25, 0.3) is 5.91 Å². The zero-order valence-electron chi connectivity index (χ0n) is 20.3. The number of H-pyrrole nitrogens is 1. The van der Waals surface area contributed by atoms with Crippen LogP contribution in [0.5, 0.6) is 11.5 Å². The number of para-hydroxylation sites is 1. The van der Waals surface area contributed by atoms with Gasteiger partial charge in [-0.2, -0.15) is 0 Å². The molecule has 0 aliphatic carbocycles. The SMILES string of the molecule is COCC(C)Nc1nc(-c2ccccn2)nc(C(=O)NCCCc2cnc[nH]2)c1Oc1ccccc1. The monoisotopic (exact) mass is 487 g/mol. The van der Waals surface area contributed by atoms with Crippen molar-refractivity contribution in [1.82, 2.24) is 30.2 Å². The number of hydrogen-bond donors (Lipinski definition) is 3. The normalized spacial score (nSPS) is 11.6. The highest BCUT2D eigenvalue weighted by atomic mass is 16.5. The predicted molar refractivity (Wildman–Crippen MR) is 136 cm³/mol. The number of methoxy groups -OCH3 is 1. The fourth-order valence-electron chi connectivity index (χ4n) is 3.53. The van der Waals surface area contributed by atoms with E-state index in [1.807, 2.05) is 37.3 Å². The number of amides is 1. The fourth-order valence-corrected chi connectivity index (χ4v) is 3.53. The molecule has 36 heavy (non-hydrogen) atoms. The Balaban J connectivity index is 1.68. The average molecular weight is 488 g/mol. The Kier molecular flexibility index (Phi) is 8.55. The summed E-state index contributed by atoms with van der Waals surface area (Å²) in [5.74, 6) is 1.11. The molecule has 3 heterocycles. The molecule has 0 aliphatic heterocycles. The Labute approximate surface area is 209 Å². The van der Waals surface area contributed by atoms with E-state index < -0.39 is 0 Å². The highest BCUT2D eigenvalue weighted by molar-refractivity contribution is 5.97. The van der Waals surface area contributed by atoms with Crippen LogP contribution in [0.15, 0.2) is 67.3 Å². The summed E-state index contributed by atoms with van der Waals surface area (Å²) in [5, 5.41) is 6.26. The summed E-state index contributed by atoms with van der Waals surface area (Å²) in [4.78, 5) is 34.1. The second-order valence-electron chi connectivity index (χ2n) is 8.14. The Morgan fingerprint density at radius 2 is 1.94 bits per heavy atom. The lowest BCUT2D eigenvalue weighted by atomic mass is 10.2. The number of aromatic amines is 1. The zero-order chi connectivity index (χ0) is 25.2. The first-order valence-corrected chi connectivity index (χ1v) is 11.7. The van der Waals surface area contributed by atoms with E-state index in [-0.39, 0.29) is 23.4 Å². The molecule has 1 atom stereocenters. The third-order valence-electron chi connectivity index (χ3n) is 5.20. The van der Waals surface area contributed by atoms with Gasteiger partial charge in [0.15, 0.2) is 17.3 Å². The average Bonchev–Trinajstić information content (AvgIpc) is 3.42. The van der Waals surface area contributed by atoms with E-state index in [2.05, 4.69) is 35.6 Å². The van der Waals surface area contributed by atoms with Crippen molar-refractivity contribution >= 4 is 11.7 Å². The number of hydrogen-bond acceptors (Lipinski definition) is 8.